The van der Waals surface area contributed by atoms with Gasteiger partial charge in [-0.2, -0.15) is 0 Å². The van der Waals surface area contributed by atoms with E-state index in [4.69, 9.17) is 5.73 Å². The summed E-state index contributed by atoms with van der Waals surface area (Å²) in [5.74, 6) is -0.0524. The van der Waals surface area contributed by atoms with E-state index in [0.717, 1.165) is 0 Å². The molecule has 0 unspecified atom stereocenters. The van der Waals surface area contributed by atoms with E-state index in [1.54, 1.807) is 0 Å². The van der Waals surface area contributed by atoms with Gasteiger partial charge in [0.25, 0.3) is 5.56 Å². The first kappa shape index (κ1) is 16.7. The number of anilines is 1. The van der Waals surface area contributed by atoms with E-state index in [1.165, 1.54) is 22.9 Å². The number of nitrogens with one attached hydrogen (secondary N) is 2. The molecule has 0 atom stereocenters. The molecule has 1 heterocycles. The largest absolute Gasteiger partial charge is 0.398 e. The van der Waals surface area contributed by atoms with Gasteiger partial charge in [-0.15, -0.1) is 0 Å². The van der Waals surface area contributed by atoms with Gasteiger partial charge in [0.2, 0.25) is 11.8 Å². The molecule has 4 N–H and O–H groups in total. The van der Waals surface area contributed by atoms with Crippen LogP contribution < -0.4 is 21.9 Å². The van der Waals surface area contributed by atoms with Crippen molar-refractivity contribution in [3.63, 3.8) is 0 Å². The van der Waals surface area contributed by atoms with Crippen molar-refractivity contribution in [3.8, 4) is 0 Å². The van der Waals surface area contributed by atoms with Crippen LogP contribution in [0.2, 0.25) is 0 Å². The molecule has 0 bridgehead atoms. The number of nitrogens with two attached hydrogens (primary N) is 1. The van der Waals surface area contributed by atoms with E-state index >= 15 is 0 Å². The zero-order valence-electron chi connectivity index (χ0n) is 12.4. The summed E-state index contributed by atoms with van der Waals surface area (Å²) in [5, 5.41) is 5.36. The highest BCUT2D eigenvalue weighted by Gasteiger charge is 2.06. The number of amides is 2. The number of hydrogen-bond acceptors (Lipinski definition) is 4. The van der Waals surface area contributed by atoms with Crippen LogP contribution in [0, 0.1) is 5.92 Å². The van der Waals surface area contributed by atoms with Gasteiger partial charge in [0.1, 0.15) is 6.54 Å². The molecule has 7 heteroatoms. The maximum absolute atomic E-state index is 11.7. The Labute approximate surface area is 123 Å². The van der Waals surface area contributed by atoms with E-state index in [0.29, 0.717) is 18.2 Å². The number of aromatic nitrogens is 1. The van der Waals surface area contributed by atoms with Gasteiger partial charge in [0, 0.05) is 37.5 Å². The summed E-state index contributed by atoms with van der Waals surface area (Å²) in [6, 6.07) is 2.79. The molecule has 0 spiro atoms. The summed E-state index contributed by atoms with van der Waals surface area (Å²) in [6.45, 7) is 4.75. The highest BCUT2D eigenvalue weighted by atomic mass is 16.2. The van der Waals surface area contributed by atoms with E-state index in [9.17, 15) is 14.4 Å². The molecule has 0 saturated carbocycles. The molecule has 1 aromatic rings. The van der Waals surface area contributed by atoms with Gasteiger partial charge < -0.3 is 20.9 Å². The zero-order chi connectivity index (χ0) is 15.8. The first-order valence-corrected chi connectivity index (χ1v) is 6.88. The second-order valence-corrected chi connectivity index (χ2v) is 5.23. The van der Waals surface area contributed by atoms with Gasteiger partial charge in [0.05, 0.1) is 0 Å². The third-order valence-corrected chi connectivity index (χ3v) is 2.70. The fourth-order valence-electron chi connectivity index (χ4n) is 1.61. The number of hydrogen-bond donors (Lipinski definition) is 3. The Morgan fingerprint density at radius 3 is 2.62 bits per heavy atom. The molecule has 116 valence electrons. The maximum atomic E-state index is 11.7. The van der Waals surface area contributed by atoms with Crippen molar-refractivity contribution in [2.24, 2.45) is 5.92 Å². The van der Waals surface area contributed by atoms with Crippen LogP contribution in [0.4, 0.5) is 5.69 Å². The Morgan fingerprint density at radius 2 is 1.95 bits per heavy atom. The third-order valence-electron chi connectivity index (χ3n) is 2.70. The first-order chi connectivity index (χ1) is 9.88. The number of carbonyl (C=O) groups excluding carboxylic acids is 2. The Bertz CT molecular complexity index is 551. The molecular formula is C14H22N4O3. The fraction of sp³-hybridized carbons (Fsp3) is 0.500. The van der Waals surface area contributed by atoms with Gasteiger partial charge in [0.15, 0.2) is 0 Å². The maximum Gasteiger partial charge on any atom is 0.251 e. The molecule has 0 aliphatic heterocycles. The van der Waals surface area contributed by atoms with Crippen molar-refractivity contribution >= 4 is 17.5 Å². The molecule has 1 aromatic heterocycles. The van der Waals surface area contributed by atoms with Gasteiger partial charge in [-0.1, -0.05) is 13.8 Å². The lowest BCUT2D eigenvalue weighted by Crippen LogP contribution is -2.35. The van der Waals surface area contributed by atoms with Gasteiger partial charge in [-0.3, -0.25) is 14.4 Å². The second kappa shape index (κ2) is 8.08. The monoisotopic (exact) mass is 294 g/mol. The topological polar surface area (TPSA) is 106 Å². The number of carbonyl (C=O) groups is 2. The molecule has 0 fully saturated rings. The minimum absolute atomic E-state index is 0.106. The van der Waals surface area contributed by atoms with Crippen LogP contribution >= 0.6 is 0 Å². The molecular weight excluding hydrogens is 272 g/mol. The Balaban J connectivity index is 2.33. The highest BCUT2D eigenvalue weighted by molar-refractivity contribution is 5.78. The Hall–Kier alpha value is -2.31. The molecule has 2 amide bonds. The lowest BCUT2D eigenvalue weighted by molar-refractivity contribution is -0.122. The SMILES string of the molecule is CC(C)CNC(=O)CCNC(=O)Cn1cc(N)ccc1=O. The van der Waals surface area contributed by atoms with Crippen LogP contribution in [0.5, 0.6) is 0 Å². The molecule has 7 nitrogen and oxygen atoms in total. The summed E-state index contributed by atoms with van der Waals surface area (Å²) in [4.78, 5) is 34.6. The van der Waals surface area contributed by atoms with Crippen molar-refractivity contribution in [2.75, 3.05) is 18.8 Å². The number of rotatable bonds is 7. The molecule has 0 radical (unpaired) electrons. The first-order valence-electron chi connectivity index (χ1n) is 6.88. The predicted octanol–water partition coefficient (Wildman–Crippen LogP) is -0.291. The van der Waals surface area contributed by atoms with Crippen LogP contribution in [-0.4, -0.2) is 29.5 Å². The van der Waals surface area contributed by atoms with E-state index in [1.807, 2.05) is 13.8 Å². The van der Waals surface area contributed by atoms with Gasteiger partial charge >= 0.3 is 0 Å². The van der Waals surface area contributed by atoms with Crippen molar-refractivity contribution in [1.29, 1.82) is 0 Å². The van der Waals surface area contributed by atoms with Crippen LogP contribution in [0.15, 0.2) is 23.1 Å². The standard InChI is InChI=1S/C14H22N4O3/c1-10(2)7-17-12(19)5-6-16-13(20)9-18-8-11(15)3-4-14(18)21/h3-4,8,10H,5-7,9,15H2,1-2H3,(H,16,20)(H,17,19). The number of pyridine rings is 1. The van der Waals surface area contributed by atoms with Gasteiger partial charge in [-0.25, -0.2) is 0 Å². The second-order valence-electron chi connectivity index (χ2n) is 5.23. The summed E-state index contributed by atoms with van der Waals surface area (Å²) in [6.07, 6.45) is 1.63. The molecule has 0 aliphatic carbocycles. The van der Waals surface area contributed by atoms with Crippen LogP contribution in [0.3, 0.4) is 0 Å². The van der Waals surface area contributed by atoms with E-state index in [-0.39, 0.29) is 36.9 Å². The normalized spacial score (nSPS) is 10.4. The quantitative estimate of drug-likeness (QED) is 0.642. The number of nitrogens with zero attached hydrogens (tertiary/aromatic N) is 1. The minimum Gasteiger partial charge on any atom is -0.398 e. The Kier molecular flexibility index (Phi) is 6.45. The average Bonchev–Trinajstić information content (AvgIpc) is 2.40. The van der Waals surface area contributed by atoms with Crippen molar-refractivity contribution in [2.45, 2.75) is 26.8 Å². The lowest BCUT2D eigenvalue weighted by atomic mass is 10.2. The minimum atomic E-state index is -0.334. The summed E-state index contributed by atoms with van der Waals surface area (Å²) < 4.78 is 1.23. The van der Waals surface area contributed by atoms with Crippen LogP contribution in [0.25, 0.3) is 0 Å². The summed E-state index contributed by atoms with van der Waals surface area (Å²) in [5.41, 5.74) is 5.67. The van der Waals surface area contributed by atoms with Crippen LogP contribution in [0.1, 0.15) is 20.3 Å². The molecule has 0 aromatic carbocycles. The van der Waals surface area contributed by atoms with Crippen molar-refractivity contribution < 1.29 is 9.59 Å². The summed E-state index contributed by atoms with van der Waals surface area (Å²) in [7, 11) is 0. The van der Waals surface area contributed by atoms with Crippen molar-refractivity contribution in [3.05, 3.63) is 28.7 Å². The fourth-order valence-corrected chi connectivity index (χ4v) is 1.61. The van der Waals surface area contributed by atoms with Crippen molar-refractivity contribution in [1.82, 2.24) is 15.2 Å². The van der Waals surface area contributed by atoms with Crippen LogP contribution in [-0.2, 0) is 16.1 Å². The molecule has 0 saturated heterocycles. The summed E-state index contributed by atoms with van der Waals surface area (Å²) >= 11 is 0. The average molecular weight is 294 g/mol. The smallest absolute Gasteiger partial charge is 0.251 e. The molecule has 0 aliphatic rings. The Morgan fingerprint density at radius 1 is 1.24 bits per heavy atom. The molecule has 21 heavy (non-hydrogen) atoms. The zero-order valence-corrected chi connectivity index (χ0v) is 12.4. The van der Waals surface area contributed by atoms with E-state index < -0.39 is 0 Å². The number of nitrogen functional groups attached to an aromatic ring is 1. The lowest BCUT2D eigenvalue weighted by Gasteiger charge is -2.09. The van der Waals surface area contributed by atoms with Gasteiger partial charge in [-0.05, 0) is 12.0 Å². The van der Waals surface area contributed by atoms with E-state index in [2.05, 4.69) is 10.6 Å². The predicted molar refractivity (Wildman–Crippen MR) is 80.6 cm³/mol. The third kappa shape index (κ3) is 6.60. The highest BCUT2D eigenvalue weighted by Crippen LogP contribution is 1.95. The molecule has 1 rings (SSSR count).